The van der Waals surface area contributed by atoms with Crippen LogP contribution in [-0.2, 0) is 9.53 Å². The summed E-state index contributed by atoms with van der Waals surface area (Å²) < 4.78 is 6.45. The van der Waals surface area contributed by atoms with Crippen molar-refractivity contribution in [3.8, 4) is 0 Å². The Hall–Kier alpha value is -1.01. The summed E-state index contributed by atoms with van der Waals surface area (Å²) in [5, 5.41) is 32.4. The zero-order valence-corrected chi connectivity index (χ0v) is 22.1. The van der Waals surface area contributed by atoms with Crippen LogP contribution in [0.15, 0.2) is 24.3 Å². The van der Waals surface area contributed by atoms with Crippen molar-refractivity contribution in [1.29, 1.82) is 0 Å². The Morgan fingerprint density at radius 1 is 1.23 bits per heavy atom. The van der Waals surface area contributed by atoms with Crippen LogP contribution in [0.25, 0.3) is 0 Å². The van der Waals surface area contributed by atoms with E-state index >= 15 is 0 Å². The second-order valence-electron chi connectivity index (χ2n) is 14.0. The zero-order chi connectivity index (χ0) is 25.3. The highest BCUT2D eigenvalue weighted by Gasteiger charge is 2.82. The van der Waals surface area contributed by atoms with E-state index in [1.54, 1.807) is 0 Å². The van der Waals surface area contributed by atoms with Crippen LogP contribution >= 0.6 is 0 Å². The first kappa shape index (κ1) is 24.3. The largest absolute Gasteiger partial charge is 0.396 e. The fraction of sp³-hybridized carbons (Fsp3) is 0.833. The maximum absolute atomic E-state index is 12.5. The molecule has 0 bridgehead atoms. The van der Waals surface area contributed by atoms with Crippen molar-refractivity contribution < 1.29 is 24.9 Å². The standard InChI is InChI=1S/C30H44O5/c1-16(14-31)17(2)25(33)30(34)19(4)24-22(35-30)13-27(6)23-8-7-20-18(3)21(32)9-10-28(20)15-29(23,28)12-11-26(24,27)5/h9-10,16,18-20,22-25,31,33-34H,2,7-8,11-15H2,1,3-6H3/t16-,18-,19?,20-,22-,23-,24-,25?,26+,27-,28?,29?,30?/m0/s1. The van der Waals surface area contributed by atoms with Crippen molar-refractivity contribution in [2.75, 3.05) is 6.61 Å². The summed E-state index contributed by atoms with van der Waals surface area (Å²) in [7, 11) is 0. The number of carbonyl (C=O) groups excluding carboxylic acids is 1. The molecule has 35 heavy (non-hydrogen) atoms. The molecule has 4 saturated carbocycles. The number of hydrogen-bond acceptors (Lipinski definition) is 5. The van der Waals surface area contributed by atoms with Crippen molar-refractivity contribution in [3.05, 3.63) is 24.3 Å². The molecule has 6 rings (SSSR count). The highest BCUT2D eigenvalue weighted by Crippen LogP contribution is 2.87. The van der Waals surface area contributed by atoms with Crippen molar-refractivity contribution in [3.63, 3.8) is 0 Å². The number of carbonyl (C=O) groups is 1. The minimum absolute atomic E-state index is 0.0115. The van der Waals surface area contributed by atoms with E-state index in [2.05, 4.69) is 33.4 Å². The summed E-state index contributed by atoms with van der Waals surface area (Å²) >= 11 is 0. The average molecular weight is 485 g/mol. The number of rotatable bonds is 4. The summed E-state index contributed by atoms with van der Waals surface area (Å²) in [6.07, 6.45) is 9.60. The van der Waals surface area contributed by atoms with Crippen LogP contribution in [0.1, 0.15) is 73.1 Å². The molecule has 0 amide bonds. The fourth-order valence-corrected chi connectivity index (χ4v) is 11.0. The topological polar surface area (TPSA) is 87.0 Å². The maximum Gasteiger partial charge on any atom is 0.199 e. The number of hydrogen-bond donors (Lipinski definition) is 3. The number of aliphatic hydroxyl groups excluding tert-OH is 2. The van der Waals surface area contributed by atoms with Gasteiger partial charge < -0.3 is 20.1 Å². The third-order valence-corrected chi connectivity index (χ3v) is 13.2. The van der Waals surface area contributed by atoms with Gasteiger partial charge >= 0.3 is 0 Å². The Morgan fingerprint density at radius 2 is 1.94 bits per heavy atom. The van der Waals surface area contributed by atoms with Crippen LogP contribution in [0.2, 0.25) is 0 Å². The lowest BCUT2D eigenvalue weighted by Crippen LogP contribution is -2.57. The molecular weight excluding hydrogens is 440 g/mol. The van der Waals surface area contributed by atoms with Crippen LogP contribution in [0.3, 0.4) is 0 Å². The molecule has 0 aromatic heterocycles. The monoisotopic (exact) mass is 484 g/mol. The van der Waals surface area contributed by atoms with Gasteiger partial charge in [-0.05, 0) is 89.6 Å². The number of ether oxygens (including phenoxy) is 1. The van der Waals surface area contributed by atoms with Crippen molar-refractivity contribution in [1.82, 2.24) is 0 Å². The van der Waals surface area contributed by atoms with Crippen molar-refractivity contribution in [2.45, 2.75) is 91.1 Å². The van der Waals surface area contributed by atoms with Crippen LogP contribution < -0.4 is 0 Å². The molecule has 5 nitrogen and oxygen atoms in total. The van der Waals surface area contributed by atoms with Gasteiger partial charge in [0.05, 0.1) is 6.10 Å². The van der Waals surface area contributed by atoms with Gasteiger partial charge in [0.15, 0.2) is 11.6 Å². The van der Waals surface area contributed by atoms with Crippen LogP contribution in [0.5, 0.6) is 0 Å². The predicted molar refractivity (Wildman–Crippen MR) is 133 cm³/mol. The molecule has 2 spiro atoms. The predicted octanol–water partition coefficient (Wildman–Crippen LogP) is 4.26. The molecule has 1 saturated heterocycles. The molecule has 5 heteroatoms. The molecule has 5 fully saturated rings. The molecule has 0 aromatic rings. The average Bonchev–Trinajstić information content (AvgIpc) is 3.34. The normalized spacial score (nSPS) is 57.4. The van der Waals surface area contributed by atoms with Crippen LogP contribution in [-0.4, -0.2) is 45.7 Å². The Bertz CT molecular complexity index is 1000. The zero-order valence-electron chi connectivity index (χ0n) is 22.1. The first-order chi connectivity index (χ1) is 16.3. The number of aliphatic hydroxyl groups is 3. The lowest BCUT2D eigenvalue weighted by molar-refractivity contribution is -0.262. The molecule has 6 aliphatic rings. The molecule has 1 heterocycles. The molecule has 3 N–H and O–H groups in total. The van der Waals surface area contributed by atoms with E-state index in [1.807, 2.05) is 19.9 Å². The minimum Gasteiger partial charge on any atom is -0.396 e. The summed E-state index contributed by atoms with van der Waals surface area (Å²) in [4.78, 5) is 12.5. The summed E-state index contributed by atoms with van der Waals surface area (Å²) in [5.41, 5.74) is 1.05. The van der Waals surface area contributed by atoms with E-state index in [-0.39, 0.29) is 52.6 Å². The van der Waals surface area contributed by atoms with Crippen molar-refractivity contribution in [2.24, 2.45) is 57.2 Å². The number of allylic oxidation sites excluding steroid dienone is 2. The lowest BCUT2D eigenvalue weighted by Gasteiger charge is -2.61. The molecule has 194 valence electrons. The van der Waals surface area contributed by atoms with Gasteiger partial charge in [0.25, 0.3) is 0 Å². The van der Waals surface area contributed by atoms with E-state index in [9.17, 15) is 20.1 Å². The Morgan fingerprint density at radius 3 is 2.63 bits per heavy atom. The van der Waals surface area contributed by atoms with Gasteiger partial charge in [0, 0.05) is 24.4 Å². The molecule has 5 unspecified atom stereocenters. The third-order valence-electron chi connectivity index (χ3n) is 13.2. The van der Waals surface area contributed by atoms with Gasteiger partial charge in [-0.2, -0.15) is 0 Å². The van der Waals surface area contributed by atoms with Crippen LogP contribution in [0, 0.1) is 57.2 Å². The Labute approximate surface area is 210 Å². The van der Waals surface area contributed by atoms with Gasteiger partial charge in [0.2, 0.25) is 0 Å². The molecular formula is C30H44O5. The number of fused-ring (bicyclic) bond motifs is 4. The quantitative estimate of drug-likeness (QED) is 0.519. The molecule has 1 aliphatic heterocycles. The fourth-order valence-electron chi connectivity index (χ4n) is 11.0. The second-order valence-corrected chi connectivity index (χ2v) is 14.0. The first-order valence-electron chi connectivity index (χ1n) is 13.9. The van der Waals surface area contributed by atoms with Gasteiger partial charge in [0.1, 0.15) is 6.10 Å². The summed E-state index contributed by atoms with van der Waals surface area (Å²) in [5.74, 6) is -0.521. The van der Waals surface area contributed by atoms with E-state index in [1.165, 1.54) is 19.3 Å². The van der Waals surface area contributed by atoms with Gasteiger partial charge in [-0.1, -0.05) is 47.3 Å². The van der Waals surface area contributed by atoms with Crippen molar-refractivity contribution >= 4 is 5.78 Å². The van der Waals surface area contributed by atoms with E-state index in [0.717, 1.165) is 19.3 Å². The SMILES string of the molecule is C=C(C(O)C1(O)O[C@H]2C[C@@]3(C)[C@@H]4CC[C@H]5[C@H](C)C(=O)C=CC56CC46CC[C@]3(C)[C@H]2C1C)[C@@H](C)CO. The Balaban J connectivity index is 1.32. The summed E-state index contributed by atoms with van der Waals surface area (Å²) in [6, 6.07) is 0. The van der Waals surface area contributed by atoms with Crippen LogP contribution in [0.4, 0.5) is 0 Å². The maximum atomic E-state index is 12.5. The Kier molecular flexibility index (Phi) is 4.93. The van der Waals surface area contributed by atoms with E-state index in [4.69, 9.17) is 4.74 Å². The lowest BCUT2D eigenvalue weighted by atomic mass is 9.43. The molecule has 13 atom stereocenters. The van der Waals surface area contributed by atoms with Gasteiger partial charge in [-0.3, -0.25) is 4.79 Å². The highest BCUT2D eigenvalue weighted by molar-refractivity contribution is 5.93. The summed E-state index contributed by atoms with van der Waals surface area (Å²) in [6.45, 7) is 14.8. The molecule has 5 aliphatic carbocycles. The second kappa shape index (κ2) is 7.09. The number of ketones is 1. The first-order valence-corrected chi connectivity index (χ1v) is 13.9. The van der Waals surface area contributed by atoms with Gasteiger partial charge in [-0.25, -0.2) is 0 Å². The molecule has 0 aromatic carbocycles. The van der Waals surface area contributed by atoms with Gasteiger partial charge in [-0.15, -0.1) is 0 Å². The minimum atomic E-state index is -1.67. The van der Waals surface area contributed by atoms with E-state index < -0.39 is 11.9 Å². The smallest absolute Gasteiger partial charge is 0.199 e. The van der Waals surface area contributed by atoms with E-state index in [0.29, 0.717) is 28.6 Å². The highest BCUT2D eigenvalue weighted by atomic mass is 16.7. The molecule has 0 radical (unpaired) electrons. The third kappa shape index (κ3) is 2.57.